The minimum absolute atomic E-state index is 0.0115. The number of carbonyl (C=O) groups excluding carboxylic acids is 1. The van der Waals surface area contributed by atoms with Gasteiger partial charge in [-0.05, 0) is 82.3 Å². The Balaban J connectivity index is 1.42. The second-order valence-corrected chi connectivity index (χ2v) is 13.8. The number of H-pyrrole nitrogens is 2. The number of hydrogen-bond acceptors (Lipinski definition) is 7. The summed E-state index contributed by atoms with van der Waals surface area (Å²) in [7, 11) is 0. The first-order chi connectivity index (χ1) is 24.4. The first-order valence-corrected chi connectivity index (χ1v) is 17.3. The fraction of sp³-hybridized carbons (Fsp3) is 0.350. The van der Waals surface area contributed by atoms with Gasteiger partial charge in [-0.3, -0.25) is 4.79 Å². The summed E-state index contributed by atoms with van der Waals surface area (Å²) in [6, 6.07) is 15.6. The van der Waals surface area contributed by atoms with Crippen molar-refractivity contribution in [3.05, 3.63) is 113 Å². The van der Waals surface area contributed by atoms with Crippen LogP contribution in [0.5, 0.6) is 11.5 Å². The number of nitrogens with two attached hydrogens (primary N) is 1. The molecule has 3 heterocycles. The van der Waals surface area contributed by atoms with Crippen molar-refractivity contribution in [2.45, 2.75) is 71.4 Å². The van der Waals surface area contributed by atoms with Crippen LogP contribution in [0.3, 0.4) is 0 Å². The minimum Gasteiger partial charge on any atom is -0.466 e. The van der Waals surface area contributed by atoms with E-state index in [-0.39, 0.29) is 35.5 Å². The van der Waals surface area contributed by atoms with Crippen LogP contribution in [0.4, 0.5) is 8.78 Å². The smallest absolute Gasteiger partial charge is 0.308 e. The van der Waals surface area contributed by atoms with Gasteiger partial charge in [0.2, 0.25) is 0 Å². The van der Waals surface area contributed by atoms with Crippen LogP contribution in [0.1, 0.15) is 69.8 Å². The molecule has 0 fully saturated rings. The number of carbonyl (C=O) groups is 1. The van der Waals surface area contributed by atoms with E-state index < -0.39 is 22.7 Å². The monoisotopic (exact) mass is 697 g/mol. The van der Waals surface area contributed by atoms with Crippen LogP contribution in [0.2, 0.25) is 0 Å². The number of aromatic amines is 2. The minimum atomic E-state index is -0.808. The van der Waals surface area contributed by atoms with Crippen molar-refractivity contribution >= 4 is 16.9 Å². The number of benzene rings is 3. The Morgan fingerprint density at radius 1 is 1.10 bits per heavy atom. The highest BCUT2D eigenvalue weighted by Crippen LogP contribution is 2.39. The number of halogens is 2. The Morgan fingerprint density at radius 3 is 2.73 bits per heavy atom. The van der Waals surface area contributed by atoms with Crippen LogP contribution in [0.25, 0.3) is 22.3 Å². The lowest BCUT2D eigenvalue weighted by atomic mass is 9.75. The summed E-state index contributed by atoms with van der Waals surface area (Å²) in [5.74, 6) is -1.07. The van der Waals surface area contributed by atoms with E-state index in [1.54, 1.807) is 25.5 Å². The van der Waals surface area contributed by atoms with E-state index in [0.29, 0.717) is 55.1 Å². The molecule has 0 saturated heterocycles. The van der Waals surface area contributed by atoms with Gasteiger partial charge in [-0.15, -0.1) is 0 Å². The summed E-state index contributed by atoms with van der Waals surface area (Å²) in [5, 5.41) is 3.99. The van der Waals surface area contributed by atoms with E-state index in [1.807, 2.05) is 45.0 Å². The van der Waals surface area contributed by atoms with Gasteiger partial charge < -0.3 is 35.2 Å². The average Bonchev–Trinajstić information content (AvgIpc) is 3.79. The van der Waals surface area contributed by atoms with Crippen molar-refractivity contribution in [1.29, 1.82) is 0 Å². The fourth-order valence-electron chi connectivity index (χ4n) is 6.59. The summed E-state index contributed by atoms with van der Waals surface area (Å²) in [5.41, 5.74) is 9.70. The molecule has 0 amide bonds. The molecule has 0 radical (unpaired) electrons. The lowest BCUT2D eigenvalue weighted by molar-refractivity contribution is -0.147. The Bertz CT molecular complexity index is 2070. The third-order valence-corrected chi connectivity index (χ3v) is 9.76. The number of rotatable bonds is 5. The predicted molar refractivity (Wildman–Crippen MR) is 193 cm³/mol. The van der Waals surface area contributed by atoms with Crippen LogP contribution in [0, 0.1) is 17.6 Å². The first kappa shape index (κ1) is 35.7. The number of nitrogens with zero attached hydrogens (tertiary/aromatic N) is 1. The Hall–Kier alpha value is -5.16. The number of ether oxygens (including phenoxy) is 3. The van der Waals surface area contributed by atoms with Crippen LogP contribution >= 0.6 is 0 Å². The third-order valence-electron chi connectivity index (χ3n) is 9.76. The fourth-order valence-corrected chi connectivity index (χ4v) is 6.59. The standard InChI is InChI=1S/C40H45F2N5O4/c1-6-49-38(48)24(2)17-25-9-7-10-26(18-25)40(5)14-8-16-50-39(3,4)34(43)22-44-21-30-28-13-15-45-33(28)20-32(42)36(30)51-27-11-12-31(41)29(19-27)37-46-23-35(40)47-37/h7,9-13,15,18-20,22-24,44-45H,6,8,14,16-17,21,43H2,1-5H3,(H,46,47)/b34-22-. The highest BCUT2D eigenvalue weighted by atomic mass is 19.1. The maximum Gasteiger partial charge on any atom is 0.308 e. The molecular formula is C40H45F2N5O4. The van der Waals surface area contributed by atoms with Crippen molar-refractivity contribution in [2.75, 3.05) is 13.2 Å². The van der Waals surface area contributed by atoms with Crippen molar-refractivity contribution in [3.8, 4) is 22.9 Å². The highest BCUT2D eigenvalue weighted by molar-refractivity contribution is 5.85. The van der Waals surface area contributed by atoms with Gasteiger partial charge in [-0.25, -0.2) is 13.8 Å². The summed E-state index contributed by atoms with van der Waals surface area (Å²) < 4.78 is 48.9. The molecule has 2 aromatic heterocycles. The van der Waals surface area contributed by atoms with Crippen LogP contribution in [-0.4, -0.2) is 39.7 Å². The Labute approximate surface area is 296 Å². The lowest BCUT2D eigenvalue weighted by Gasteiger charge is -2.31. The van der Waals surface area contributed by atoms with Gasteiger partial charge in [-0.2, -0.15) is 0 Å². The summed E-state index contributed by atoms with van der Waals surface area (Å²) >= 11 is 0. The van der Waals surface area contributed by atoms with Crippen molar-refractivity contribution in [1.82, 2.24) is 20.3 Å². The maximum absolute atomic E-state index is 15.6. The zero-order valence-electron chi connectivity index (χ0n) is 29.7. The lowest BCUT2D eigenvalue weighted by Crippen LogP contribution is -2.34. The van der Waals surface area contributed by atoms with Gasteiger partial charge in [-0.1, -0.05) is 31.2 Å². The van der Waals surface area contributed by atoms with E-state index in [4.69, 9.17) is 19.9 Å². The van der Waals surface area contributed by atoms with Gasteiger partial charge in [0.25, 0.3) is 0 Å². The molecule has 268 valence electrons. The highest BCUT2D eigenvalue weighted by Gasteiger charge is 2.33. The van der Waals surface area contributed by atoms with Gasteiger partial charge in [0.05, 0.1) is 23.8 Å². The number of fused-ring (bicyclic) bond motifs is 8. The molecule has 5 N–H and O–H groups in total. The van der Waals surface area contributed by atoms with E-state index in [2.05, 4.69) is 33.3 Å². The topological polar surface area (TPSA) is 127 Å². The second kappa shape index (κ2) is 14.6. The molecule has 3 aromatic carbocycles. The number of imidazole rings is 1. The molecule has 11 heteroatoms. The van der Waals surface area contributed by atoms with Crippen LogP contribution in [-0.2, 0) is 32.6 Å². The van der Waals surface area contributed by atoms with Gasteiger partial charge in [0, 0.05) is 65.4 Å². The SMILES string of the molecule is CCOC(=O)C(C)Cc1cccc(C2(C)CCCOC(C)(C)/C(N)=C/NCc3c(c(F)cc4[nH]ccc34)Oc3ccc(F)c(c3)-c3ncc2[nH]3)c1. The summed E-state index contributed by atoms with van der Waals surface area (Å²) in [6.07, 6.45) is 6.97. The summed E-state index contributed by atoms with van der Waals surface area (Å²) in [6.45, 7) is 10.5. The molecule has 9 nitrogen and oxygen atoms in total. The molecule has 0 saturated carbocycles. The van der Waals surface area contributed by atoms with Crippen LogP contribution < -0.4 is 15.8 Å². The predicted octanol–water partition coefficient (Wildman–Crippen LogP) is 8.15. The normalized spacial score (nSPS) is 19.6. The number of esters is 1. The maximum atomic E-state index is 15.6. The molecular weight excluding hydrogens is 652 g/mol. The second-order valence-electron chi connectivity index (χ2n) is 13.8. The molecule has 0 spiro atoms. The van der Waals surface area contributed by atoms with Crippen molar-refractivity contribution in [2.24, 2.45) is 11.7 Å². The van der Waals surface area contributed by atoms with Gasteiger partial charge in [0.1, 0.15) is 23.0 Å². The van der Waals surface area contributed by atoms with E-state index in [0.717, 1.165) is 22.2 Å². The molecule has 51 heavy (non-hydrogen) atoms. The number of nitrogens with one attached hydrogen (secondary N) is 3. The number of hydrogen-bond donors (Lipinski definition) is 4. The molecule has 6 rings (SSSR count). The Kier molecular flexibility index (Phi) is 10.2. The first-order valence-electron chi connectivity index (χ1n) is 17.3. The van der Waals surface area contributed by atoms with Gasteiger partial charge in [0.15, 0.2) is 11.6 Å². The van der Waals surface area contributed by atoms with Gasteiger partial charge >= 0.3 is 5.97 Å². The van der Waals surface area contributed by atoms with Crippen molar-refractivity contribution in [3.63, 3.8) is 0 Å². The molecule has 4 bridgehead atoms. The van der Waals surface area contributed by atoms with E-state index >= 15 is 8.78 Å². The average molecular weight is 698 g/mol. The summed E-state index contributed by atoms with van der Waals surface area (Å²) in [4.78, 5) is 23.5. The molecule has 2 unspecified atom stereocenters. The molecule has 5 aromatic rings. The molecule has 0 aliphatic carbocycles. The Morgan fingerprint density at radius 2 is 1.92 bits per heavy atom. The zero-order chi connectivity index (χ0) is 36.3. The van der Waals surface area contributed by atoms with Crippen LogP contribution in [0.15, 0.2) is 78.9 Å². The molecule has 2 atom stereocenters. The largest absolute Gasteiger partial charge is 0.466 e. The van der Waals surface area contributed by atoms with E-state index in [1.165, 1.54) is 24.3 Å². The third kappa shape index (κ3) is 7.49. The number of aromatic nitrogens is 3. The van der Waals surface area contributed by atoms with Crippen molar-refractivity contribution < 1.29 is 27.8 Å². The zero-order valence-corrected chi connectivity index (χ0v) is 29.7. The molecule has 1 aliphatic rings. The molecule has 1 aliphatic heterocycles. The quantitative estimate of drug-likeness (QED) is 0.137. The van der Waals surface area contributed by atoms with E-state index in [9.17, 15) is 4.79 Å².